The van der Waals surface area contributed by atoms with Gasteiger partial charge in [-0.15, -0.1) is 0 Å². The van der Waals surface area contributed by atoms with Crippen molar-refractivity contribution in [1.29, 1.82) is 0 Å². The van der Waals surface area contributed by atoms with E-state index in [4.69, 9.17) is 0 Å². The van der Waals surface area contributed by atoms with Crippen molar-refractivity contribution >= 4 is 31.9 Å². The lowest BCUT2D eigenvalue weighted by atomic mass is 10.2. The zero-order valence-electron chi connectivity index (χ0n) is 5.37. The summed E-state index contributed by atoms with van der Waals surface area (Å²) in [5.74, 6) is 2.40. The van der Waals surface area contributed by atoms with Crippen molar-refractivity contribution in [2.75, 3.05) is 0 Å². The largest absolute Gasteiger partial charge is 0.207 e. The summed E-state index contributed by atoms with van der Waals surface area (Å²) in [7, 11) is 0. The fourth-order valence-corrected chi connectivity index (χ4v) is 1.37. The van der Waals surface area contributed by atoms with Crippen LogP contribution >= 0.6 is 31.9 Å². The van der Waals surface area contributed by atoms with E-state index in [1.807, 2.05) is 0 Å². The molecule has 11 heavy (non-hydrogen) atoms. The van der Waals surface area contributed by atoms with Crippen molar-refractivity contribution < 1.29 is 4.39 Å². The third kappa shape index (κ3) is 2.64. The first-order valence-corrected chi connectivity index (χ1v) is 4.38. The van der Waals surface area contributed by atoms with E-state index in [0.29, 0.717) is 10.0 Å². The minimum absolute atomic E-state index is 0.287. The summed E-state index contributed by atoms with van der Waals surface area (Å²) >= 11 is 6.10. The topological polar surface area (TPSA) is 0 Å². The van der Waals surface area contributed by atoms with Crippen LogP contribution in [-0.4, -0.2) is 0 Å². The standard InChI is InChI=1S/C8H3Br2F/c9-2-1-6-3-7(10)5-8(11)4-6/h3-5H. The van der Waals surface area contributed by atoms with Gasteiger partial charge in [0.2, 0.25) is 0 Å². The van der Waals surface area contributed by atoms with Crippen LogP contribution < -0.4 is 0 Å². The van der Waals surface area contributed by atoms with Crippen LogP contribution in [0.15, 0.2) is 22.7 Å². The molecule has 0 heterocycles. The molecule has 0 nitrogen and oxygen atoms in total. The van der Waals surface area contributed by atoms with Gasteiger partial charge in [0.1, 0.15) is 5.82 Å². The Kier molecular flexibility index (Phi) is 3.10. The third-order valence-electron chi connectivity index (χ3n) is 1.05. The first kappa shape index (κ1) is 8.76. The van der Waals surface area contributed by atoms with E-state index in [1.54, 1.807) is 6.07 Å². The van der Waals surface area contributed by atoms with Gasteiger partial charge in [-0.05, 0) is 23.0 Å². The summed E-state index contributed by atoms with van der Waals surface area (Å²) in [5, 5.41) is 0. The second-order valence-corrected chi connectivity index (χ2v) is 3.19. The Labute approximate surface area is 81.1 Å². The van der Waals surface area contributed by atoms with Gasteiger partial charge >= 0.3 is 0 Å². The molecule has 0 radical (unpaired) electrons. The number of halogens is 3. The molecular formula is C8H3Br2F. The average molecular weight is 278 g/mol. The van der Waals surface area contributed by atoms with Gasteiger partial charge in [-0.2, -0.15) is 0 Å². The minimum Gasteiger partial charge on any atom is -0.207 e. The summed E-state index contributed by atoms with van der Waals surface area (Å²) in [6.45, 7) is 0. The molecule has 0 saturated carbocycles. The molecule has 56 valence electrons. The maximum absolute atomic E-state index is 12.6. The molecule has 0 bridgehead atoms. The molecule has 0 atom stereocenters. The Balaban J connectivity index is 3.15. The van der Waals surface area contributed by atoms with Crippen LogP contribution in [0.1, 0.15) is 5.56 Å². The van der Waals surface area contributed by atoms with Gasteiger partial charge in [-0.3, -0.25) is 0 Å². The molecule has 0 unspecified atom stereocenters. The van der Waals surface area contributed by atoms with Crippen LogP contribution in [0.3, 0.4) is 0 Å². The van der Waals surface area contributed by atoms with Crippen LogP contribution in [0.2, 0.25) is 0 Å². The molecule has 0 aliphatic heterocycles. The summed E-state index contributed by atoms with van der Waals surface area (Å²) in [5.41, 5.74) is 0.647. The van der Waals surface area contributed by atoms with Crippen molar-refractivity contribution in [3.8, 4) is 10.8 Å². The fourth-order valence-electron chi connectivity index (χ4n) is 0.681. The van der Waals surface area contributed by atoms with E-state index < -0.39 is 0 Å². The third-order valence-corrected chi connectivity index (χ3v) is 1.71. The Hall–Kier alpha value is -0.330. The Morgan fingerprint density at radius 3 is 2.55 bits per heavy atom. The Bertz CT molecular complexity index is 302. The normalized spacial score (nSPS) is 8.64. The van der Waals surface area contributed by atoms with Gasteiger partial charge in [0.05, 0.1) is 0 Å². The minimum atomic E-state index is -0.287. The first-order chi connectivity index (χ1) is 5.22. The molecule has 1 rings (SSSR count). The molecule has 0 fully saturated rings. The van der Waals surface area contributed by atoms with Crippen molar-refractivity contribution in [1.82, 2.24) is 0 Å². The monoisotopic (exact) mass is 276 g/mol. The highest BCUT2D eigenvalue weighted by atomic mass is 79.9. The van der Waals surface area contributed by atoms with Gasteiger partial charge in [0.15, 0.2) is 0 Å². The van der Waals surface area contributed by atoms with E-state index in [2.05, 4.69) is 42.6 Å². The molecule has 0 spiro atoms. The van der Waals surface area contributed by atoms with Gasteiger partial charge < -0.3 is 0 Å². The maximum Gasteiger partial charge on any atom is 0.125 e. The summed E-state index contributed by atoms with van der Waals surface area (Å²) < 4.78 is 13.3. The highest BCUT2D eigenvalue weighted by Crippen LogP contribution is 2.13. The van der Waals surface area contributed by atoms with Crippen molar-refractivity contribution in [2.24, 2.45) is 0 Å². The predicted octanol–water partition coefficient (Wildman–Crippen LogP) is 3.29. The lowest BCUT2D eigenvalue weighted by Crippen LogP contribution is -1.78. The first-order valence-electron chi connectivity index (χ1n) is 2.80. The van der Waals surface area contributed by atoms with Crippen molar-refractivity contribution in [3.05, 3.63) is 34.1 Å². The molecule has 1 aromatic carbocycles. The number of hydrogen-bond donors (Lipinski definition) is 0. The van der Waals surface area contributed by atoms with Crippen molar-refractivity contribution in [3.63, 3.8) is 0 Å². The van der Waals surface area contributed by atoms with E-state index in [9.17, 15) is 4.39 Å². The maximum atomic E-state index is 12.6. The Morgan fingerprint density at radius 1 is 1.27 bits per heavy atom. The van der Waals surface area contributed by atoms with E-state index >= 15 is 0 Å². The predicted molar refractivity (Wildman–Crippen MR) is 49.9 cm³/mol. The van der Waals surface area contributed by atoms with E-state index in [0.717, 1.165) is 0 Å². The van der Waals surface area contributed by atoms with Gasteiger partial charge in [-0.25, -0.2) is 4.39 Å². The fraction of sp³-hybridized carbons (Fsp3) is 0. The lowest BCUT2D eigenvalue weighted by molar-refractivity contribution is 0.626. The SMILES string of the molecule is Fc1cc(Br)cc(C#CBr)c1. The van der Waals surface area contributed by atoms with E-state index in [-0.39, 0.29) is 5.82 Å². The van der Waals surface area contributed by atoms with Crippen LogP contribution in [0.5, 0.6) is 0 Å². The summed E-state index contributed by atoms with van der Waals surface area (Å²) in [6.07, 6.45) is 0. The quantitative estimate of drug-likeness (QED) is 0.639. The van der Waals surface area contributed by atoms with Gasteiger partial charge in [0.25, 0.3) is 0 Å². The molecule has 3 heteroatoms. The summed E-state index contributed by atoms with van der Waals surface area (Å²) in [4.78, 5) is 2.51. The molecule has 1 aromatic rings. The summed E-state index contributed by atoms with van der Waals surface area (Å²) in [6, 6.07) is 4.51. The second kappa shape index (κ2) is 3.89. The molecule has 0 N–H and O–H groups in total. The van der Waals surface area contributed by atoms with Gasteiger partial charge in [-0.1, -0.05) is 21.9 Å². The lowest BCUT2D eigenvalue weighted by Gasteiger charge is -1.92. The Morgan fingerprint density at radius 2 is 2.00 bits per heavy atom. The molecule has 0 amide bonds. The smallest absolute Gasteiger partial charge is 0.125 e. The zero-order valence-corrected chi connectivity index (χ0v) is 8.54. The molecule has 0 saturated heterocycles. The number of benzene rings is 1. The zero-order chi connectivity index (χ0) is 8.27. The molecule has 0 aliphatic carbocycles. The van der Waals surface area contributed by atoms with Crippen LogP contribution in [0.25, 0.3) is 0 Å². The average Bonchev–Trinajstić information content (AvgIpc) is 1.85. The number of hydrogen-bond acceptors (Lipinski definition) is 0. The molecular weight excluding hydrogens is 275 g/mol. The van der Waals surface area contributed by atoms with Crippen molar-refractivity contribution in [2.45, 2.75) is 0 Å². The van der Waals surface area contributed by atoms with Crippen LogP contribution in [-0.2, 0) is 0 Å². The highest BCUT2D eigenvalue weighted by molar-refractivity contribution is 9.12. The van der Waals surface area contributed by atoms with Gasteiger partial charge in [0, 0.05) is 26.0 Å². The van der Waals surface area contributed by atoms with Crippen LogP contribution in [0.4, 0.5) is 4.39 Å². The molecule has 0 aromatic heterocycles. The highest BCUT2D eigenvalue weighted by Gasteiger charge is 1.94. The van der Waals surface area contributed by atoms with E-state index in [1.165, 1.54) is 12.1 Å². The second-order valence-electron chi connectivity index (χ2n) is 1.88. The van der Waals surface area contributed by atoms with Crippen LogP contribution in [0, 0.1) is 16.6 Å². The molecule has 0 aliphatic rings. The number of rotatable bonds is 0.